The van der Waals surface area contributed by atoms with Crippen molar-refractivity contribution in [2.75, 3.05) is 10.2 Å². The molecule has 1 heterocycles. The normalized spacial score (nSPS) is 13.9. The van der Waals surface area contributed by atoms with E-state index in [0.717, 1.165) is 21.6 Å². The second-order valence-corrected chi connectivity index (χ2v) is 8.07. The monoisotopic (exact) mass is 434 g/mol. The number of nitrogens with zero attached hydrogens (tertiary/aromatic N) is 1. The van der Waals surface area contributed by atoms with Crippen molar-refractivity contribution in [1.29, 1.82) is 0 Å². The molecule has 0 aliphatic carbocycles. The zero-order valence-electron chi connectivity index (χ0n) is 17.3. The third-order valence-corrected chi connectivity index (χ3v) is 5.38. The predicted octanol–water partition coefficient (Wildman–Crippen LogP) is 5.80. The van der Waals surface area contributed by atoms with Crippen molar-refractivity contribution in [2.45, 2.75) is 20.8 Å². The molecule has 3 aromatic carbocycles. The van der Waals surface area contributed by atoms with Crippen molar-refractivity contribution >= 4 is 40.4 Å². The van der Waals surface area contributed by atoms with Crippen LogP contribution in [0.3, 0.4) is 0 Å². The standard InChI is InChI=1S/C25H20ClFN2O2/c1-14-10-15(2)12-20(11-14)29-24(30)22(17-5-8-19(27)9-6-17)23(25(29)31)28-21-13-18(26)7-4-16(21)3/h4-13,28H,1-3H3. The summed E-state index contributed by atoms with van der Waals surface area (Å²) in [5, 5.41) is 3.61. The molecule has 0 aromatic heterocycles. The molecule has 4 nitrogen and oxygen atoms in total. The molecule has 0 saturated heterocycles. The zero-order chi connectivity index (χ0) is 22.3. The minimum absolute atomic E-state index is 0.126. The van der Waals surface area contributed by atoms with Crippen molar-refractivity contribution in [2.24, 2.45) is 0 Å². The Kier molecular flexibility index (Phi) is 5.38. The Hall–Kier alpha value is -3.44. The Labute approximate surface area is 185 Å². The summed E-state index contributed by atoms with van der Waals surface area (Å²) in [6.07, 6.45) is 0. The van der Waals surface area contributed by atoms with E-state index >= 15 is 0 Å². The van der Waals surface area contributed by atoms with Gasteiger partial charge in [0, 0.05) is 10.7 Å². The number of benzene rings is 3. The number of rotatable bonds is 4. The number of carbonyl (C=O) groups is 2. The molecular formula is C25H20ClFN2O2. The Morgan fingerprint density at radius 3 is 2.13 bits per heavy atom. The van der Waals surface area contributed by atoms with Gasteiger partial charge in [0.2, 0.25) is 0 Å². The number of imide groups is 1. The van der Waals surface area contributed by atoms with E-state index in [1.54, 1.807) is 24.3 Å². The number of nitrogens with one attached hydrogen (secondary N) is 1. The number of carbonyl (C=O) groups excluding carboxylic acids is 2. The lowest BCUT2D eigenvalue weighted by atomic mass is 10.0. The first-order chi connectivity index (χ1) is 14.7. The van der Waals surface area contributed by atoms with Crippen LogP contribution in [-0.4, -0.2) is 11.8 Å². The maximum atomic E-state index is 13.5. The zero-order valence-corrected chi connectivity index (χ0v) is 18.0. The minimum Gasteiger partial charge on any atom is -0.350 e. The highest BCUT2D eigenvalue weighted by Gasteiger charge is 2.40. The Balaban J connectivity index is 1.86. The van der Waals surface area contributed by atoms with E-state index in [2.05, 4.69) is 5.32 Å². The molecule has 0 radical (unpaired) electrons. The van der Waals surface area contributed by atoms with Crippen LogP contribution in [0.1, 0.15) is 22.3 Å². The average molecular weight is 435 g/mol. The van der Waals surface area contributed by atoms with Crippen LogP contribution >= 0.6 is 11.6 Å². The van der Waals surface area contributed by atoms with Crippen LogP contribution in [0.4, 0.5) is 15.8 Å². The molecule has 0 atom stereocenters. The van der Waals surface area contributed by atoms with Gasteiger partial charge in [-0.15, -0.1) is 0 Å². The lowest BCUT2D eigenvalue weighted by molar-refractivity contribution is -0.120. The van der Waals surface area contributed by atoms with Gasteiger partial charge in [-0.3, -0.25) is 9.59 Å². The molecule has 156 valence electrons. The van der Waals surface area contributed by atoms with E-state index in [9.17, 15) is 14.0 Å². The first kappa shape index (κ1) is 20.8. The molecule has 6 heteroatoms. The second-order valence-electron chi connectivity index (χ2n) is 7.63. The molecule has 1 N–H and O–H groups in total. The van der Waals surface area contributed by atoms with Gasteiger partial charge in [-0.05, 0) is 79.4 Å². The third kappa shape index (κ3) is 3.97. The van der Waals surface area contributed by atoms with Crippen molar-refractivity contribution in [3.05, 3.63) is 99.5 Å². The molecular weight excluding hydrogens is 415 g/mol. The van der Waals surface area contributed by atoms with Gasteiger partial charge >= 0.3 is 0 Å². The van der Waals surface area contributed by atoms with Gasteiger partial charge in [0.1, 0.15) is 11.5 Å². The lowest BCUT2D eigenvalue weighted by Crippen LogP contribution is -2.32. The van der Waals surface area contributed by atoms with Gasteiger partial charge in [-0.1, -0.05) is 35.9 Å². The van der Waals surface area contributed by atoms with E-state index in [0.29, 0.717) is 22.0 Å². The van der Waals surface area contributed by atoms with Crippen LogP contribution in [0.5, 0.6) is 0 Å². The average Bonchev–Trinajstić information content (AvgIpc) is 2.94. The minimum atomic E-state index is -0.478. The fourth-order valence-corrected chi connectivity index (χ4v) is 3.88. The van der Waals surface area contributed by atoms with E-state index in [1.165, 1.54) is 24.3 Å². The van der Waals surface area contributed by atoms with Crippen molar-refractivity contribution in [1.82, 2.24) is 0 Å². The predicted molar refractivity (Wildman–Crippen MR) is 122 cm³/mol. The maximum absolute atomic E-state index is 13.5. The first-order valence-electron chi connectivity index (χ1n) is 9.75. The fraction of sp³-hybridized carbons (Fsp3) is 0.120. The molecule has 3 aromatic rings. The second kappa shape index (κ2) is 8.00. The first-order valence-corrected chi connectivity index (χ1v) is 10.1. The summed E-state index contributed by atoms with van der Waals surface area (Å²) >= 11 is 6.14. The van der Waals surface area contributed by atoms with Crippen molar-refractivity contribution in [3.8, 4) is 0 Å². The molecule has 2 amide bonds. The Morgan fingerprint density at radius 2 is 1.48 bits per heavy atom. The highest BCUT2D eigenvalue weighted by Crippen LogP contribution is 2.35. The van der Waals surface area contributed by atoms with E-state index in [-0.39, 0.29) is 11.3 Å². The van der Waals surface area contributed by atoms with Crippen molar-refractivity contribution < 1.29 is 14.0 Å². The summed E-state index contributed by atoms with van der Waals surface area (Å²) in [6.45, 7) is 5.69. The fourth-order valence-electron chi connectivity index (χ4n) is 3.71. The number of hydrogen-bond donors (Lipinski definition) is 1. The van der Waals surface area contributed by atoms with Crippen LogP contribution in [0.15, 0.2) is 66.4 Å². The Bertz CT molecular complexity index is 1230. The molecule has 0 spiro atoms. The molecule has 0 unspecified atom stereocenters. The molecule has 1 aliphatic heterocycles. The summed E-state index contributed by atoms with van der Waals surface area (Å²) < 4.78 is 13.5. The van der Waals surface area contributed by atoms with Crippen LogP contribution in [0.25, 0.3) is 5.57 Å². The van der Waals surface area contributed by atoms with Crippen LogP contribution in [0.2, 0.25) is 5.02 Å². The quantitative estimate of drug-likeness (QED) is 0.528. The molecule has 0 fully saturated rings. The summed E-state index contributed by atoms with van der Waals surface area (Å²) in [5.41, 5.74) is 4.60. The molecule has 4 rings (SSSR count). The number of halogens is 2. The highest BCUT2D eigenvalue weighted by molar-refractivity contribution is 6.46. The summed E-state index contributed by atoms with van der Waals surface area (Å²) in [6, 6.07) is 16.3. The molecule has 0 saturated carbocycles. The largest absolute Gasteiger partial charge is 0.350 e. The van der Waals surface area contributed by atoms with E-state index in [1.807, 2.05) is 32.9 Å². The van der Waals surface area contributed by atoms with Gasteiger partial charge in [-0.2, -0.15) is 0 Å². The summed E-state index contributed by atoms with van der Waals surface area (Å²) in [5.74, 6) is -1.37. The molecule has 1 aliphatic rings. The van der Waals surface area contributed by atoms with E-state index in [4.69, 9.17) is 11.6 Å². The molecule has 0 bridgehead atoms. The van der Waals surface area contributed by atoms with Gasteiger partial charge in [-0.25, -0.2) is 9.29 Å². The number of anilines is 2. The van der Waals surface area contributed by atoms with Gasteiger partial charge in [0.25, 0.3) is 11.8 Å². The van der Waals surface area contributed by atoms with E-state index < -0.39 is 17.6 Å². The van der Waals surface area contributed by atoms with Gasteiger partial charge in [0.05, 0.1) is 11.3 Å². The smallest absolute Gasteiger partial charge is 0.282 e. The van der Waals surface area contributed by atoms with Gasteiger partial charge in [0.15, 0.2) is 0 Å². The van der Waals surface area contributed by atoms with Crippen molar-refractivity contribution in [3.63, 3.8) is 0 Å². The topological polar surface area (TPSA) is 49.4 Å². The molecule has 31 heavy (non-hydrogen) atoms. The highest BCUT2D eigenvalue weighted by atomic mass is 35.5. The third-order valence-electron chi connectivity index (χ3n) is 5.14. The summed E-state index contributed by atoms with van der Waals surface area (Å²) in [7, 11) is 0. The van der Waals surface area contributed by atoms with Crippen LogP contribution in [-0.2, 0) is 9.59 Å². The van der Waals surface area contributed by atoms with Crippen LogP contribution < -0.4 is 10.2 Å². The number of aryl methyl sites for hydroxylation is 3. The van der Waals surface area contributed by atoms with Crippen LogP contribution in [0, 0.1) is 26.6 Å². The SMILES string of the molecule is Cc1cc(C)cc(N2C(=O)C(Nc3cc(Cl)ccc3C)=C(c3ccc(F)cc3)C2=O)c1. The Morgan fingerprint density at radius 1 is 0.839 bits per heavy atom. The maximum Gasteiger partial charge on any atom is 0.282 e. The number of amides is 2. The summed E-state index contributed by atoms with van der Waals surface area (Å²) in [4.78, 5) is 28.1. The lowest BCUT2D eigenvalue weighted by Gasteiger charge is -2.17. The number of hydrogen-bond acceptors (Lipinski definition) is 3. The van der Waals surface area contributed by atoms with Gasteiger partial charge < -0.3 is 5.32 Å².